The van der Waals surface area contributed by atoms with Gasteiger partial charge in [-0.2, -0.15) is 0 Å². The molecular weight excluding hydrogens is 491 g/mol. The molecule has 3 fully saturated rings. The molecule has 11 heteroatoms. The lowest BCUT2D eigenvalue weighted by Crippen LogP contribution is -2.65. The Labute approximate surface area is 230 Å². The lowest BCUT2D eigenvalue weighted by Gasteiger charge is -2.51. The van der Waals surface area contributed by atoms with Gasteiger partial charge < -0.3 is 24.5 Å². The molecule has 0 bridgehead atoms. The van der Waals surface area contributed by atoms with Gasteiger partial charge in [0.2, 0.25) is 0 Å². The molecule has 10 nitrogen and oxygen atoms in total. The van der Waals surface area contributed by atoms with Crippen LogP contribution in [0.15, 0.2) is 41.5 Å². The summed E-state index contributed by atoms with van der Waals surface area (Å²) < 4.78 is 1.63. The van der Waals surface area contributed by atoms with Crippen LogP contribution in [0.5, 0.6) is 0 Å². The molecule has 3 aliphatic rings. The van der Waals surface area contributed by atoms with Crippen molar-refractivity contribution in [2.75, 3.05) is 73.6 Å². The normalized spacial score (nSPS) is 22.8. The smallest absolute Gasteiger partial charge is 0.376 e. The van der Waals surface area contributed by atoms with Crippen LogP contribution in [0.4, 0.5) is 17.2 Å². The maximum atomic E-state index is 12.8. The largest absolute Gasteiger partial charge is 0.437 e. The predicted molar refractivity (Wildman–Crippen MR) is 158 cm³/mol. The fraction of sp³-hybridized carbons (Fsp3) is 0.536. The van der Waals surface area contributed by atoms with Gasteiger partial charge in [-0.05, 0) is 44.4 Å². The summed E-state index contributed by atoms with van der Waals surface area (Å²) in [4.78, 5) is 34.2. The lowest BCUT2D eigenvalue weighted by molar-refractivity contribution is 0.108. The Hall–Kier alpha value is -3.15. The minimum Gasteiger partial charge on any atom is -0.437 e. The number of aryl methyl sites for hydroxylation is 2. The lowest BCUT2D eigenvalue weighted by atomic mass is 9.84. The highest BCUT2D eigenvalue weighted by Crippen LogP contribution is 2.31. The maximum absolute atomic E-state index is 12.8. The number of pyridine rings is 3. The summed E-state index contributed by atoms with van der Waals surface area (Å²) in [5, 5.41) is 10.9. The van der Waals surface area contributed by atoms with E-state index >= 15 is 0 Å². The Morgan fingerprint density at radius 2 is 1.72 bits per heavy atom. The predicted octanol–water partition coefficient (Wildman–Crippen LogP) is 1.27. The van der Waals surface area contributed by atoms with Crippen molar-refractivity contribution in [1.82, 2.24) is 24.2 Å². The van der Waals surface area contributed by atoms with Gasteiger partial charge in [0, 0.05) is 95.7 Å². The number of nitrogens with zero attached hydrogens (tertiary/aromatic N) is 8. The summed E-state index contributed by atoms with van der Waals surface area (Å²) in [7, 11) is 1.39. The van der Waals surface area contributed by atoms with Crippen LogP contribution in [0.1, 0.15) is 12.5 Å². The van der Waals surface area contributed by atoms with Crippen molar-refractivity contribution in [1.29, 1.82) is 0 Å². The molecule has 0 aromatic carbocycles. The van der Waals surface area contributed by atoms with Crippen molar-refractivity contribution in [3.8, 4) is 0 Å². The SMILES string of the molecule is CB(O)N1CCN(c2cnc(N3CCN4[C@@H](C3)CN(c3cc(=O)n(C)c5ncccc35)C[C@H]4C)c(C)c2)CC1. The Morgan fingerprint density at radius 3 is 2.46 bits per heavy atom. The summed E-state index contributed by atoms with van der Waals surface area (Å²) in [5.41, 5.74) is 4.04. The first-order valence-corrected chi connectivity index (χ1v) is 14.1. The van der Waals surface area contributed by atoms with E-state index in [1.165, 1.54) is 5.56 Å². The summed E-state index contributed by atoms with van der Waals surface area (Å²) in [6.07, 6.45) is 3.77. The number of hydrogen-bond acceptors (Lipinski definition) is 9. The Kier molecular flexibility index (Phi) is 6.99. The molecule has 206 valence electrons. The highest BCUT2D eigenvalue weighted by molar-refractivity contribution is 6.45. The van der Waals surface area contributed by atoms with Gasteiger partial charge >= 0.3 is 7.05 Å². The van der Waals surface area contributed by atoms with Crippen LogP contribution >= 0.6 is 0 Å². The van der Waals surface area contributed by atoms with Gasteiger partial charge in [0.25, 0.3) is 5.56 Å². The zero-order chi connectivity index (χ0) is 27.3. The van der Waals surface area contributed by atoms with Crippen molar-refractivity contribution in [2.45, 2.75) is 32.8 Å². The molecule has 1 N–H and O–H groups in total. The van der Waals surface area contributed by atoms with Crippen LogP contribution in [0, 0.1) is 6.92 Å². The van der Waals surface area contributed by atoms with E-state index in [4.69, 9.17) is 4.98 Å². The maximum Gasteiger partial charge on any atom is 0.376 e. The van der Waals surface area contributed by atoms with Crippen LogP contribution in [-0.4, -0.2) is 107 Å². The zero-order valence-electron chi connectivity index (χ0n) is 23.5. The van der Waals surface area contributed by atoms with E-state index in [1.54, 1.807) is 23.9 Å². The second-order valence-corrected chi connectivity index (χ2v) is 11.4. The molecule has 0 aliphatic carbocycles. The van der Waals surface area contributed by atoms with Gasteiger partial charge in [0.1, 0.15) is 11.5 Å². The summed E-state index contributed by atoms with van der Waals surface area (Å²) in [6.45, 7) is 14.4. The van der Waals surface area contributed by atoms with E-state index in [2.05, 4.69) is 55.4 Å². The molecule has 0 unspecified atom stereocenters. The number of fused-ring (bicyclic) bond motifs is 2. The van der Waals surface area contributed by atoms with Crippen LogP contribution < -0.4 is 20.3 Å². The number of hydrogen-bond donors (Lipinski definition) is 1. The molecule has 6 heterocycles. The Balaban J connectivity index is 1.20. The number of anilines is 3. The second kappa shape index (κ2) is 10.4. The van der Waals surface area contributed by atoms with E-state index in [-0.39, 0.29) is 5.56 Å². The van der Waals surface area contributed by atoms with Crippen molar-refractivity contribution in [3.63, 3.8) is 0 Å². The van der Waals surface area contributed by atoms with Gasteiger partial charge in [-0.1, -0.05) is 0 Å². The van der Waals surface area contributed by atoms with Crippen LogP contribution in [0.2, 0.25) is 6.82 Å². The molecule has 0 saturated carbocycles. The van der Waals surface area contributed by atoms with Gasteiger partial charge in [0.15, 0.2) is 0 Å². The first kappa shape index (κ1) is 26.1. The van der Waals surface area contributed by atoms with E-state index in [0.29, 0.717) is 12.1 Å². The average molecular weight is 530 g/mol. The Morgan fingerprint density at radius 1 is 0.974 bits per heavy atom. The van der Waals surface area contributed by atoms with Crippen molar-refractivity contribution < 1.29 is 5.02 Å². The molecule has 0 radical (unpaired) electrons. The van der Waals surface area contributed by atoms with Gasteiger partial charge in [-0.3, -0.25) is 14.3 Å². The Bertz CT molecular complexity index is 1410. The summed E-state index contributed by atoms with van der Waals surface area (Å²) in [5.74, 6) is 1.06. The molecule has 3 saturated heterocycles. The fourth-order valence-electron chi connectivity index (χ4n) is 6.69. The molecule has 3 aromatic rings. The van der Waals surface area contributed by atoms with E-state index < -0.39 is 7.05 Å². The third-order valence-corrected chi connectivity index (χ3v) is 8.87. The van der Waals surface area contributed by atoms with E-state index in [1.807, 2.05) is 19.1 Å². The highest BCUT2D eigenvalue weighted by atomic mass is 16.2. The standard InChI is InChI=1S/C28H39BN8O2/c1-20-14-22(33-8-11-36(12-9-33)29(3)39)16-31-27(20)34-10-13-37-21(2)17-35(19-23(37)18-34)25-15-26(38)32(4)28-24(25)6-5-7-30-28/h5-7,14-16,21,23,39H,8-13,17-19H2,1-4H3/t21-,23+/m1/s1. The highest BCUT2D eigenvalue weighted by Gasteiger charge is 2.37. The molecule has 6 rings (SSSR count). The van der Waals surface area contributed by atoms with E-state index in [9.17, 15) is 9.82 Å². The van der Waals surface area contributed by atoms with Gasteiger partial charge in [0.05, 0.1) is 17.6 Å². The fourth-order valence-corrected chi connectivity index (χ4v) is 6.69. The monoisotopic (exact) mass is 530 g/mol. The van der Waals surface area contributed by atoms with Crippen molar-refractivity contribution >= 4 is 35.3 Å². The van der Waals surface area contributed by atoms with Crippen molar-refractivity contribution in [3.05, 3.63) is 52.6 Å². The minimum absolute atomic E-state index is 0.0243. The summed E-state index contributed by atoms with van der Waals surface area (Å²) in [6, 6.07) is 8.79. The summed E-state index contributed by atoms with van der Waals surface area (Å²) >= 11 is 0. The molecule has 3 aromatic heterocycles. The second-order valence-electron chi connectivity index (χ2n) is 11.4. The average Bonchev–Trinajstić information content (AvgIpc) is 2.94. The molecular formula is C28H39BN8O2. The first-order chi connectivity index (χ1) is 18.8. The quantitative estimate of drug-likeness (QED) is 0.502. The third-order valence-electron chi connectivity index (χ3n) is 8.87. The molecule has 0 amide bonds. The zero-order valence-corrected chi connectivity index (χ0v) is 23.5. The third kappa shape index (κ3) is 4.87. The van der Waals surface area contributed by atoms with Crippen LogP contribution in [0.25, 0.3) is 11.0 Å². The number of piperazine rings is 3. The molecule has 3 aliphatic heterocycles. The van der Waals surface area contributed by atoms with Crippen molar-refractivity contribution in [2.24, 2.45) is 7.05 Å². The number of rotatable bonds is 4. The van der Waals surface area contributed by atoms with Crippen LogP contribution in [-0.2, 0) is 7.05 Å². The molecule has 0 spiro atoms. The minimum atomic E-state index is -0.394. The van der Waals surface area contributed by atoms with Gasteiger partial charge in [-0.15, -0.1) is 0 Å². The molecule has 39 heavy (non-hydrogen) atoms. The molecule has 2 atom stereocenters. The van der Waals surface area contributed by atoms with E-state index in [0.717, 1.165) is 87.1 Å². The first-order valence-electron chi connectivity index (χ1n) is 14.1. The number of aromatic nitrogens is 3. The van der Waals surface area contributed by atoms with Crippen LogP contribution in [0.3, 0.4) is 0 Å². The topological polar surface area (TPSA) is 84.2 Å². The van der Waals surface area contributed by atoms with Gasteiger partial charge in [-0.25, -0.2) is 9.97 Å².